The van der Waals surface area contributed by atoms with Gasteiger partial charge >= 0.3 is 0 Å². The zero-order valence-corrected chi connectivity index (χ0v) is 11.8. The standard InChI is InChI=1S/C15H16O3S/c1-3-15-11(7-14(9-16)19-15)10-18-13-6-4-5-12(8-13)17-2/h4-9H,3,10H2,1-2H3. The molecule has 0 aliphatic carbocycles. The summed E-state index contributed by atoms with van der Waals surface area (Å²) < 4.78 is 10.9. The minimum Gasteiger partial charge on any atom is -0.497 e. The Bertz CT molecular complexity index is 560. The lowest BCUT2D eigenvalue weighted by atomic mass is 10.2. The number of methoxy groups -OCH3 is 1. The minimum atomic E-state index is 0.473. The van der Waals surface area contributed by atoms with Crippen molar-refractivity contribution in [1.29, 1.82) is 0 Å². The molecule has 4 heteroatoms. The van der Waals surface area contributed by atoms with Crippen LogP contribution in [0.3, 0.4) is 0 Å². The number of aryl methyl sites for hydroxylation is 1. The average Bonchev–Trinajstić information content (AvgIpc) is 2.87. The predicted octanol–water partition coefficient (Wildman–Crippen LogP) is 3.71. The maximum Gasteiger partial charge on any atom is 0.160 e. The van der Waals surface area contributed by atoms with E-state index in [-0.39, 0.29) is 0 Å². The minimum absolute atomic E-state index is 0.473. The van der Waals surface area contributed by atoms with Gasteiger partial charge in [-0.15, -0.1) is 11.3 Å². The van der Waals surface area contributed by atoms with Gasteiger partial charge in [-0.05, 0) is 24.6 Å². The fourth-order valence-electron chi connectivity index (χ4n) is 1.82. The van der Waals surface area contributed by atoms with Crippen molar-refractivity contribution in [2.45, 2.75) is 20.0 Å². The van der Waals surface area contributed by atoms with Gasteiger partial charge in [0.05, 0.1) is 12.0 Å². The molecule has 2 aromatic rings. The van der Waals surface area contributed by atoms with Crippen molar-refractivity contribution in [2.75, 3.05) is 7.11 Å². The van der Waals surface area contributed by atoms with E-state index in [0.717, 1.165) is 34.6 Å². The van der Waals surface area contributed by atoms with Crippen molar-refractivity contribution in [1.82, 2.24) is 0 Å². The molecule has 19 heavy (non-hydrogen) atoms. The molecule has 0 atom stereocenters. The van der Waals surface area contributed by atoms with Crippen molar-refractivity contribution in [3.05, 3.63) is 45.6 Å². The molecular formula is C15H16O3S. The molecule has 3 nitrogen and oxygen atoms in total. The van der Waals surface area contributed by atoms with Gasteiger partial charge in [0.25, 0.3) is 0 Å². The second kappa shape index (κ2) is 6.38. The molecule has 0 bridgehead atoms. The highest BCUT2D eigenvalue weighted by molar-refractivity contribution is 7.13. The first-order valence-corrected chi connectivity index (χ1v) is 6.92. The van der Waals surface area contributed by atoms with E-state index < -0.39 is 0 Å². The van der Waals surface area contributed by atoms with Crippen LogP contribution in [0.5, 0.6) is 11.5 Å². The number of carbonyl (C=O) groups excluding carboxylic acids is 1. The number of aldehydes is 1. The van der Waals surface area contributed by atoms with Crippen molar-refractivity contribution in [3.8, 4) is 11.5 Å². The summed E-state index contributed by atoms with van der Waals surface area (Å²) in [6.07, 6.45) is 1.80. The fraction of sp³-hybridized carbons (Fsp3) is 0.267. The van der Waals surface area contributed by atoms with Crippen molar-refractivity contribution in [2.24, 2.45) is 0 Å². The van der Waals surface area contributed by atoms with Crippen molar-refractivity contribution >= 4 is 17.6 Å². The third kappa shape index (κ3) is 3.35. The van der Waals surface area contributed by atoms with Crippen LogP contribution in [0, 0.1) is 0 Å². The second-order valence-corrected chi connectivity index (χ2v) is 5.20. The average molecular weight is 276 g/mol. The van der Waals surface area contributed by atoms with Gasteiger partial charge in [0, 0.05) is 16.5 Å². The normalized spacial score (nSPS) is 10.2. The van der Waals surface area contributed by atoms with E-state index in [2.05, 4.69) is 6.92 Å². The molecule has 100 valence electrons. The van der Waals surface area contributed by atoms with E-state index in [1.54, 1.807) is 7.11 Å². The summed E-state index contributed by atoms with van der Waals surface area (Å²) in [7, 11) is 1.63. The summed E-state index contributed by atoms with van der Waals surface area (Å²) in [6.45, 7) is 2.55. The van der Waals surface area contributed by atoms with Gasteiger partial charge < -0.3 is 9.47 Å². The summed E-state index contributed by atoms with van der Waals surface area (Å²) >= 11 is 1.53. The van der Waals surface area contributed by atoms with Gasteiger partial charge in [-0.25, -0.2) is 0 Å². The molecule has 0 aliphatic heterocycles. The number of carbonyl (C=O) groups is 1. The Morgan fingerprint density at radius 1 is 1.26 bits per heavy atom. The first-order chi connectivity index (χ1) is 9.26. The molecule has 2 rings (SSSR count). The summed E-state index contributed by atoms with van der Waals surface area (Å²) in [4.78, 5) is 12.7. The Balaban J connectivity index is 2.09. The molecule has 0 N–H and O–H groups in total. The van der Waals surface area contributed by atoms with E-state index in [1.165, 1.54) is 16.2 Å². The maximum atomic E-state index is 10.8. The summed E-state index contributed by atoms with van der Waals surface area (Å²) in [5.41, 5.74) is 1.08. The van der Waals surface area contributed by atoms with E-state index >= 15 is 0 Å². The molecule has 0 saturated heterocycles. The van der Waals surface area contributed by atoms with Crippen LogP contribution in [0.4, 0.5) is 0 Å². The van der Waals surface area contributed by atoms with Crippen molar-refractivity contribution < 1.29 is 14.3 Å². The second-order valence-electron chi connectivity index (χ2n) is 4.04. The molecule has 0 amide bonds. The van der Waals surface area contributed by atoms with Crippen LogP contribution in [0.1, 0.15) is 27.0 Å². The third-order valence-electron chi connectivity index (χ3n) is 2.79. The van der Waals surface area contributed by atoms with Crippen LogP contribution in [-0.2, 0) is 13.0 Å². The number of rotatable bonds is 6. The first-order valence-electron chi connectivity index (χ1n) is 6.10. The number of hydrogen-bond acceptors (Lipinski definition) is 4. The molecule has 0 spiro atoms. The van der Waals surface area contributed by atoms with E-state index in [0.29, 0.717) is 6.61 Å². The molecule has 1 aromatic carbocycles. The molecule has 0 radical (unpaired) electrons. The monoisotopic (exact) mass is 276 g/mol. The fourth-order valence-corrected chi connectivity index (χ4v) is 2.75. The van der Waals surface area contributed by atoms with Crippen LogP contribution in [0.2, 0.25) is 0 Å². The van der Waals surface area contributed by atoms with Gasteiger partial charge in [-0.2, -0.15) is 0 Å². The molecule has 0 saturated carbocycles. The highest BCUT2D eigenvalue weighted by atomic mass is 32.1. The largest absolute Gasteiger partial charge is 0.497 e. The number of ether oxygens (including phenoxy) is 2. The number of benzene rings is 1. The molecular weight excluding hydrogens is 260 g/mol. The number of thiophene rings is 1. The van der Waals surface area contributed by atoms with Crippen LogP contribution in [0.15, 0.2) is 30.3 Å². The zero-order valence-electron chi connectivity index (χ0n) is 11.0. The Kier molecular flexibility index (Phi) is 4.58. The lowest BCUT2D eigenvalue weighted by molar-refractivity contribution is 0.112. The Labute approximate surface area is 116 Å². The van der Waals surface area contributed by atoms with Crippen LogP contribution < -0.4 is 9.47 Å². The molecule has 0 unspecified atom stereocenters. The summed E-state index contributed by atoms with van der Waals surface area (Å²) in [6, 6.07) is 9.40. The van der Waals surface area contributed by atoms with Crippen LogP contribution in [0.25, 0.3) is 0 Å². The highest BCUT2D eigenvalue weighted by Crippen LogP contribution is 2.25. The van der Waals surface area contributed by atoms with Crippen molar-refractivity contribution in [3.63, 3.8) is 0 Å². The topological polar surface area (TPSA) is 35.5 Å². The van der Waals surface area contributed by atoms with Gasteiger partial charge in [-0.3, -0.25) is 4.79 Å². The SMILES string of the molecule is CCc1sc(C=O)cc1COc1cccc(OC)c1. The van der Waals surface area contributed by atoms with E-state index in [9.17, 15) is 4.79 Å². The third-order valence-corrected chi connectivity index (χ3v) is 4.04. The number of hydrogen-bond donors (Lipinski definition) is 0. The van der Waals surface area contributed by atoms with Gasteiger partial charge in [0.15, 0.2) is 6.29 Å². The Morgan fingerprint density at radius 3 is 2.74 bits per heavy atom. The Hall–Kier alpha value is -1.81. The quantitative estimate of drug-likeness (QED) is 0.754. The molecule has 1 heterocycles. The maximum absolute atomic E-state index is 10.8. The molecule has 0 aliphatic rings. The lowest BCUT2D eigenvalue weighted by Gasteiger charge is -2.07. The summed E-state index contributed by atoms with van der Waals surface area (Å²) in [5, 5.41) is 0. The van der Waals surface area contributed by atoms with Crippen LogP contribution >= 0.6 is 11.3 Å². The molecule has 1 aromatic heterocycles. The first kappa shape index (κ1) is 13.6. The van der Waals surface area contributed by atoms with E-state index in [4.69, 9.17) is 9.47 Å². The predicted molar refractivity (Wildman–Crippen MR) is 76.4 cm³/mol. The Morgan fingerprint density at radius 2 is 2.05 bits per heavy atom. The zero-order chi connectivity index (χ0) is 13.7. The highest BCUT2D eigenvalue weighted by Gasteiger charge is 2.08. The van der Waals surface area contributed by atoms with Crippen LogP contribution in [-0.4, -0.2) is 13.4 Å². The summed E-state index contributed by atoms with van der Waals surface area (Å²) in [5.74, 6) is 1.53. The molecule has 0 fully saturated rings. The van der Waals surface area contributed by atoms with Gasteiger partial charge in [0.2, 0.25) is 0 Å². The lowest BCUT2D eigenvalue weighted by Crippen LogP contribution is -1.96. The van der Waals surface area contributed by atoms with Gasteiger partial charge in [0.1, 0.15) is 18.1 Å². The smallest absolute Gasteiger partial charge is 0.160 e. The van der Waals surface area contributed by atoms with E-state index in [1.807, 2.05) is 30.3 Å². The van der Waals surface area contributed by atoms with Gasteiger partial charge in [-0.1, -0.05) is 13.0 Å².